The fraction of sp³-hybridized carbons (Fsp3) is 1.00. The van der Waals surface area contributed by atoms with E-state index in [1.165, 1.54) is 0 Å². The Hall–Kier alpha value is 0.250. The van der Waals surface area contributed by atoms with Gasteiger partial charge < -0.3 is 27.2 Å². The highest BCUT2D eigenvalue weighted by Crippen LogP contribution is 2.24. The first-order chi connectivity index (χ1) is 5.04. The van der Waals surface area contributed by atoms with E-state index in [1.807, 2.05) is 0 Å². The van der Waals surface area contributed by atoms with Crippen LogP contribution in [0.3, 0.4) is 0 Å². The third-order valence-electron chi connectivity index (χ3n) is 0.218. The van der Waals surface area contributed by atoms with Crippen LogP contribution in [0.1, 0.15) is 0 Å². The van der Waals surface area contributed by atoms with Crippen molar-refractivity contribution in [1.82, 2.24) is 12.3 Å². The third-order valence-corrected chi connectivity index (χ3v) is 1.45. The smallest absolute Gasteiger partial charge is 0.543 e. The number of alkyl halides is 1. The minimum Gasteiger partial charge on any atom is -0.563 e. The summed E-state index contributed by atoms with van der Waals surface area (Å²) in [4.78, 5) is 18.5. The molecule has 0 radical (unpaired) electrons. The van der Waals surface area contributed by atoms with E-state index in [2.05, 4.69) is 4.31 Å². The SMILES string of the molecule is O=[P+]([O-])O[P+](=O)[O-].OCCCl.[NH4+].[NH4+]. The van der Waals surface area contributed by atoms with Gasteiger partial charge >= 0.3 is 16.5 Å². The average Bonchev–Trinajstić information content (AvgIpc) is 1.85. The van der Waals surface area contributed by atoms with Gasteiger partial charge in [-0.25, -0.2) is 0 Å². The van der Waals surface area contributed by atoms with E-state index in [0.717, 1.165) is 0 Å². The molecule has 9 N–H and O–H groups in total. The molecule has 0 aliphatic heterocycles. The molecule has 2 unspecified atom stereocenters. The Morgan fingerprint density at radius 2 is 1.46 bits per heavy atom. The molecule has 11 heteroatoms. The summed E-state index contributed by atoms with van der Waals surface area (Å²) in [5, 5.41) is 7.74. The van der Waals surface area contributed by atoms with Crippen LogP contribution in [0.2, 0.25) is 0 Å². The summed E-state index contributed by atoms with van der Waals surface area (Å²) in [6.45, 7) is 0.0849. The fourth-order valence-corrected chi connectivity index (χ4v) is 0.490. The molecular weight excluding hydrogens is 245 g/mol. The topological polar surface area (TPSA) is 183 Å². The summed E-state index contributed by atoms with van der Waals surface area (Å²) in [6.07, 6.45) is 0. The largest absolute Gasteiger partial charge is 0.563 e. The van der Waals surface area contributed by atoms with Gasteiger partial charge in [-0.15, -0.1) is 11.6 Å². The predicted octanol–water partition coefficient (Wildman–Crippen LogP) is 0.00830. The molecule has 0 aromatic carbocycles. The predicted molar refractivity (Wildman–Crippen MR) is 46.1 cm³/mol. The molecule has 0 spiro atoms. The monoisotopic (exact) mass is 258 g/mol. The van der Waals surface area contributed by atoms with Crippen molar-refractivity contribution in [3.05, 3.63) is 0 Å². The number of halogens is 1. The van der Waals surface area contributed by atoms with Crippen molar-refractivity contribution in [3.63, 3.8) is 0 Å². The number of hydrogen-bond acceptors (Lipinski definition) is 6. The van der Waals surface area contributed by atoms with E-state index >= 15 is 0 Å². The highest BCUT2D eigenvalue weighted by molar-refractivity contribution is 7.44. The van der Waals surface area contributed by atoms with E-state index in [-0.39, 0.29) is 18.9 Å². The third kappa shape index (κ3) is 46.7. The maximum atomic E-state index is 9.24. The minimum absolute atomic E-state index is 0. The number of aliphatic hydroxyl groups excluding tert-OH is 1. The van der Waals surface area contributed by atoms with Gasteiger partial charge in [-0.2, -0.15) is 0 Å². The number of rotatable bonds is 3. The van der Waals surface area contributed by atoms with Crippen LogP contribution in [-0.2, 0) is 13.4 Å². The Balaban J connectivity index is -0.0000000600. The van der Waals surface area contributed by atoms with E-state index in [9.17, 15) is 18.9 Å². The Bertz CT molecular complexity index is 122. The zero-order chi connectivity index (χ0) is 9.28. The van der Waals surface area contributed by atoms with Crippen molar-refractivity contribution in [2.24, 2.45) is 0 Å². The van der Waals surface area contributed by atoms with Gasteiger partial charge in [0.25, 0.3) is 0 Å². The first kappa shape index (κ1) is 23.2. The molecule has 0 rings (SSSR count). The van der Waals surface area contributed by atoms with Gasteiger partial charge in [-0.3, -0.25) is 0 Å². The van der Waals surface area contributed by atoms with Crippen LogP contribution in [0, 0.1) is 0 Å². The Labute approximate surface area is 81.9 Å². The molecule has 0 heterocycles. The average molecular weight is 259 g/mol. The van der Waals surface area contributed by atoms with Crippen LogP contribution in [-0.4, -0.2) is 17.6 Å². The summed E-state index contributed by atoms with van der Waals surface area (Å²) < 4.78 is 21.6. The molecule has 82 valence electrons. The van der Waals surface area contributed by atoms with Gasteiger partial charge in [0.1, 0.15) is 4.31 Å². The zero-order valence-electron chi connectivity index (χ0n) is 7.18. The van der Waals surface area contributed by atoms with Gasteiger partial charge in [0.15, 0.2) is 0 Å². The molecule has 13 heavy (non-hydrogen) atoms. The first-order valence-corrected chi connectivity index (χ1v) is 4.90. The summed E-state index contributed by atoms with van der Waals surface area (Å²) in [5.74, 6) is 0.347. The zero-order valence-corrected chi connectivity index (χ0v) is 9.72. The van der Waals surface area contributed by atoms with Crippen molar-refractivity contribution in [2.75, 3.05) is 12.5 Å². The Morgan fingerprint density at radius 3 is 1.46 bits per heavy atom. The van der Waals surface area contributed by atoms with E-state index in [4.69, 9.17) is 16.7 Å². The van der Waals surface area contributed by atoms with Crippen LogP contribution >= 0.6 is 28.1 Å². The first-order valence-electron chi connectivity index (χ1n) is 2.18. The molecule has 2 atom stereocenters. The summed E-state index contributed by atoms with van der Waals surface area (Å²) in [5.41, 5.74) is 0. The molecule has 0 bridgehead atoms. The van der Waals surface area contributed by atoms with Gasteiger partial charge in [-0.05, 0) is 9.13 Å². The summed E-state index contributed by atoms with van der Waals surface area (Å²) >= 11 is 4.94. The van der Waals surface area contributed by atoms with Crippen LogP contribution < -0.4 is 22.1 Å². The quantitative estimate of drug-likeness (QED) is 0.472. The van der Waals surface area contributed by atoms with Gasteiger partial charge in [-0.1, -0.05) is 0 Å². The second kappa shape index (κ2) is 18.1. The molecule has 0 aromatic heterocycles. The van der Waals surface area contributed by atoms with Gasteiger partial charge in [0, 0.05) is 5.88 Å². The van der Waals surface area contributed by atoms with Crippen molar-refractivity contribution < 1.29 is 28.3 Å². The van der Waals surface area contributed by atoms with Gasteiger partial charge in [0.2, 0.25) is 0 Å². The lowest BCUT2D eigenvalue weighted by atomic mass is 10.9. The standard InChI is InChI=1S/C2H5ClO.2H3N.O5P2/c3-1-2-4;;;1-6(2)5-7(3)4/h4H,1-2H2;2*1H3;/p+2. The second-order valence-electron chi connectivity index (χ2n) is 0.941. The van der Waals surface area contributed by atoms with Crippen LogP contribution in [0.15, 0.2) is 0 Å². The lowest BCUT2D eigenvalue weighted by Gasteiger charge is -1.72. The molecule has 0 fully saturated rings. The minimum atomic E-state index is -3.24. The second-order valence-corrected chi connectivity index (χ2v) is 2.87. The van der Waals surface area contributed by atoms with Crippen molar-refractivity contribution >= 4 is 28.1 Å². The molecule has 0 saturated heterocycles. The van der Waals surface area contributed by atoms with Crippen LogP contribution in [0.5, 0.6) is 0 Å². The molecule has 0 saturated carbocycles. The van der Waals surface area contributed by atoms with E-state index in [1.54, 1.807) is 0 Å². The van der Waals surface area contributed by atoms with Crippen molar-refractivity contribution in [2.45, 2.75) is 0 Å². The molecular formula is C2H13ClN2O6P2+2. The maximum absolute atomic E-state index is 9.24. The number of aliphatic hydroxyl groups is 1. The number of quaternary nitrogens is 2. The molecule has 0 amide bonds. The molecule has 8 nitrogen and oxygen atoms in total. The molecule has 0 aliphatic carbocycles. The lowest BCUT2D eigenvalue weighted by molar-refractivity contribution is -0.198. The summed E-state index contributed by atoms with van der Waals surface area (Å²) in [6, 6.07) is 0. The van der Waals surface area contributed by atoms with Crippen LogP contribution in [0.25, 0.3) is 0 Å². The lowest BCUT2D eigenvalue weighted by Crippen LogP contribution is -1.90. The maximum Gasteiger partial charge on any atom is 0.543 e. The number of hydrogen-bond donors (Lipinski definition) is 3. The highest BCUT2D eigenvalue weighted by atomic mass is 35.5. The van der Waals surface area contributed by atoms with Crippen LogP contribution in [0.4, 0.5) is 0 Å². The van der Waals surface area contributed by atoms with E-state index in [0.29, 0.717) is 5.88 Å². The molecule has 0 aromatic rings. The Kier molecular flexibility index (Phi) is 32.4. The van der Waals surface area contributed by atoms with Crippen molar-refractivity contribution in [1.29, 1.82) is 0 Å². The molecule has 0 aliphatic rings. The van der Waals surface area contributed by atoms with Gasteiger partial charge in [0.05, 0.1) is 6.61 Å². The van der Waals surface area contributed by atoms with Crippen molar-refractivity contribution in [3.8, 4) is 0 Å². The fourth-order valence-electron chi connectivity index (χ4n) is 0.0544. The Morgan fingerprint density at radius 1 is 1.23 bits per heavy atom. The highest BCUT2D eigenvalue weighted by Gasteiger charge is 2.13. The summed E-state index contributed by atoms with van der Waals surface area (Å²) in [7, 11) is -6.47. The van der Waals surface area contributed by atoms with E-state index < -0.39 is 16.5 Å². The normalized spacial score (nSPS) is 9.54.